The molecule has 4 heteroatoms. The van der Waals surface area contributed by atoms with E-state index in [2.05, 4.69) is 17.1 Å². The second-order valence-corrected chi connectivity index (χ2v) is 3.65. The highest BCUT2D eigenvalue weighted by molar-refractivity contribution is 5.85. The first-order valence-corrected chi connectivity index (χ1v) is 4.47. The third kappa shape index (κ3) is 2.18. The van der Waals surface area contributed by atoms with E-state index in [4.69, 9.17) is 5.73 Å². The van der Waals surface area contributed by atoms with Crippen LogP contribution in [0.4, 0.5) is 0 Å². The molecule has 1 atom stereocenters. The molecule has 2 rings (SSSR count). The molecule has 0 saturated carbocycles. The van der Waals surface area contributed by atoms with E-state index in [0.29, 0.717) is 5.54 Å². The van der Waals surface area contributed by atoms with Crippen molar-refractivity contribution < 1.29 is 0 Å². The third-order valence-electron chi connectivity index (χ3n) is 3.11. The summed E-state index contributed by atoms with van der Waals surface area (Å²) in [5, 5.41) is 0. The summed E-state index contributed by atoms with van der Waals surface area (Å²) in [6.07, 6.45) is 8.35. The van der Waals surface area contributed by atoms with E-state index in [1.807, 2.05) is 0 Å². The highest BCUT2D eigenvalue weighted by Gasteiger charge is 2.39. The predicted octanol–water partition coefficient (Wildman–Crippen LogP) is 1.58. The van der Waals surface area contributed by atoms with Crippen LogP contribution < -0.4 is 5.73 Å². The van der Waals surface area contributed by atoms with Crippen LogP contribution in [0.5, 0.6) is 0 Å². The molecular formula is C9H18Cl2N2. The zero-order valence-electron chi connectivity index (χ0n) is 7.74. The van der Waals surface area contributed by atoms with Gasteiger partial charge in [-0.05, 0) is 25.8 Å². The van der Waals surface area contributed by atoms with E-state index < -0.39 is 0 Å². The lowest BCUT2D eigenvalue weighted by Crippen LogP contribution is -2.50. The van der Waals surface area contributed by atoms with Crippen LogP contribution in [0.2, 0.25) is 0 Å². The molecule has 1 fully saturated rings. The molecule has 0 radical (unpaired) electrons. The van der Waals surface area contributed by atoms with Gasteiger partial charge in [-0.25, -0.2) is 0 Å². The van der Waals surface area contributed by atoms with Gasteiger partial charge in [0.25, 0.3) is 0 Å². The Morgan fingerprint density at radius 1 is 1.31 bits per heavy atom. The maximum absolute atomic E-state index is 5.80. The summed E-state index contributed by atoms with van der Waals surface area (Å²) in [4.78, 5) is 2.53. The van der Waals surface area contributed by atoms with Crippen molar-refractivity contribution in [3.05, 3.63) is 12.2 Å². The monoisotopic (exact) mass is 224 g/mol. The average molecular weight is 225 g/mol. The van der Waals surface area contributed by atoms with E-state index >= 15 is 0 Å². The molecule has 0 bridgehead atoms. The molecule has 78 valence electrons. The SMILES string of the molecule is Cl.Cl.NCC12CC=CCN1CCC2. The predicted molar refractivity (Wildman–Crippen MR) is 60.8 cm³/mol. The van der Waals surface area contributed by atoms with Crippen LogP contribution in [-0.2, 0) is 0 Å². The molecule has 0 aliphatic carbocycles. The van der Waals surface area contributed by atoms with Gasteiger partial charge in [0.15, 0.2) is 0 Å². The van der Waals surface area contributed by atoms with Gasteiger partial charge >= 0.3 is 0 Å². The number of rotatable bonds is 1. The highest BCUT2D eigenvalue weighted by atomic mass is 35.5. The molecule has 2 heterocycles. The van der Waals surface area contributed by atoms with Crippen molar-refractivity contribution in [1.82, 2.24) is 4.90 Å². The van der Waals surface area contributed by atoms with Crippen LogP contribution in [0.15, 0.2) is 12.2 Å². The molecule has 2 N–H and O–H groups in total. The van der Waals surface area contributed by atoms with E-state index in [-0.39, 0.29) is 24.8 Å². The minimum Gasteiger partial charge on any atom is -0.329 e. The first kappa shape index (κ1) is 13.2. The third-order valence-corrected chi connectivity index (χ3v) is 3.11. The Morgan fingerprint density at radius 2 is 2.08 bits per heavy atom. The van der Waals surface area contributed by atoms with Crippen molar-refractivity contribution >= 4 is 24.8 Å². The molecule has 2 aliphatic rings. The lowest BCUT2D eigenvalue weighted by Gasteiger charge is -2.38. The van der Waals surface area contributed by atoms with Crippen molar-refractivity contribution in [2.75, 3.05) is 19.6 Å². The normalized spacial score (nSPS) is 31.8. The van der Waals surface area contributed by atoms with Gasteiger partial charge in [-0.2, -0.15) is 0 Å². The maximum atomic E-state index is 5.80. The molecule has 1 saturated heterocycles. The van der Waals surface area contributed by atoms with Gasteiger partial charge in [0.1, 0.15) is 0 Å². The van der Waals surface area contributed by atoms with Gasteiger partial charge in [-0.3, -0.25) is 4.90 Å². The zero-order valence-corrected chi connectivity index (χ0v) is 9.37. The standard InChI is InChI=1S/C9H16N2.2ClH/c10-8-9-4-1-2-6-11(9)7-3-5-9;;/h1-2H,3-8,10H2;2*1H. The minimum absolute atomic E-state index is 0. The van der Waals surface area contributed by atoms with E-state index in [1.54, 1.807) is 0 Å². The fraction of sp³-hybridized carbons (Fsp3) is 0.778. The molecule has 2 aliphatic heterocycles. The maximum Gasteiger partial charge on any atom is 0.0369 e. The number of fused-ring (bicyclic) bond motifs is 1. The lowest BCUT2D eigenvalue weighted by atomic mass is 9.90. The molecule has 0 aromatic rings. The average Bonchev–Trinajstić information content (AvgIpc) is 2.48. The lowest BCUT2D eigenvalue weighted by molar-refractivity contribution is 0.154. The molecule has 1 unspecified atom stereocenters. The van der Waals surface area contributed by atoms with Crippen LogP contribution in [0.3, 0.4) is 0 Å². The number of halogens is 2. The Balaban J connectivity index is 0.000000720. The summed E-state index contributed by atoms with van der Waals surface area (Å²) in [6, 6.07) is 0. The van der Waals surface area contributed by atoms with Crippen molar-refractivity contribution in [3.8, 4) is 0 Å². The van der Waals surface area contributed by atoms with E-state index in [9.17, 15) is 0 Å². The van der Waals surface area contributed by atoms with E-state index in [1.165, 1.54) is 25.8 Å². The van der Waals surface area contributed by atoms with Crippen LogP contribution in [0, 0.1) is 0 Å². The van der Waals surface area contributed by atoms with Crippen molar-refractivity contribution in [3.63, 3.8) is 0 Å². The summed E-state index contributed by atoms with van der Waals surface area (Å²) in [5.41, 5.74) is 6.16. The molecule has 2 nitrogen and oxygen atoms in total. The number of nitrogens with two attached hydrogens (primary N) is 1. The second kappa shape index (κ2) is 5.20. The molecule has 13 heavy (non-hydrogen) atoms. The molecule has 0 aromatic carbocycles. The number of hydrogen-bond acceptors (Lipinski definition) is 2. The fourth-order valence-corrected chi connectivity index (χ4v) is 2.33. The Morgan fingerprint density at radius 3 is 2.69 bits per heavy atom. The second-order valence-electron chi connectivity index (χ2n) is 3.65. The molecule has 0 spiro atoms. The quantitative estimate of drug-likeness (QED) is 0.686. The Labute approximate surface area is 92.4 Å². The number of hydrogen-bond donors (Lipinski definition) is 1. The van der Waals surface area contributed by atoms with Gasteiger partial charge < -0.3 is 5.73 Å². The summed E-state index contributed by atoms with van der Waals surface area (Å²) in [5.74, 6) is 0. The topological polar surface area (TPSA) is 29.3 Å². The minimum atomic E-state index is 0. The van der Waals surface area contributed by atoms with E-state index in [0.717, 1.165) is 13.1 Å². The van der Waals surface area contributed by atoms with Crippen LogP contribution in [0.25, 0.3) is 0 Å². The summed E-state index contributed by atoms with van der Waals surface area (Å²) >= 11 is 0. The van der Waals surface area contributed by atoms with Gasteiger partial charge in [-0.15, -0.1) is 24.8 Å². The van der Waals surface area contributed by atoms with Gasteiger partial charge in [-0.1, -0.05) is 12.2 Å². The summed E-state index contributed by atoms with van der Waals surface area (Å²) in [6.45, 7) is 3.20. The van der Waals surface area contributed by atoms with Crippen LogP contribution >= 0.6 is 24.8 Å². The first-order valence-electron chi connectivity index (χ1n) is 4.47. The van der Waals surface area contributed by atoms with Crippen molar-refractivity contribution in [1.29, 1.82) is 0 Å². The Kier molecular flexibility index (Phi) is 5.30. The first-order chi connectivity index (χ1) is 5.37. The molecule has 0 amide bonds. The summed E-state index contributed by atoms with van der Waals surface area (Å²) in [7, 11) is 0. The van der Waals surface area contributed by atoms with Crippen molar-refractivity contribution in [2.24, 2.45) is 5.73 Å². The molecular weight excluding hydrogens is 207 g/mol. The number of nitrogens with zero attached hydrogens (tertiary/aromatic N) is 1. The van der Waals surface area contributed by atoms with Gasteiger partial charge in [0.2, 0.25) is 0 Å². The highest BCUT2D eigenvalue weighted by Crippen LogP contribution is 2.33. The fourth-order valence-electron chi connectivity index (χ4n) is 2.33. The summed E-state index contributed by atoms with van der Waals surface area (Å²) < 4.78 is 0. The van der Waals surface area contributed by atoms with Crippen molar-refractivity contribution in [2.45, 2.75) is 24.8 Å². The smallest absolute Gasteiger partial charge is 0.0369 e. The Bertz CT molecular complexity index is 184. The van der Waals surface area contributed by atoms with Gasteiger partial charge in [0.05, 0.1) is 0 Å². The van der Waals surface area contributed by atoms with Crippen LogP contribution in [0.1, 0.15) is 19.3 Å². The Hall–Kier alpha value is 0.240. The zero-order chi connectivity index (χ0) is 7.73. The largest absolute Gasteiger partial charge is 0.329 e. The van der Waals surface area contributed by atoms with Gasteiger partial charge in [0, 0.05) is 18.6 Å². The molecule has 0 aromatic heterocycles. The van der Waals surface area contributed by atoms with Crippen LogP contribution in [-0.4, -0.2) is 30.1 Å².